The number of benzene rings is 2. The van der Waals surface area contributed by atoms with E-state index in [4.69, 9.17) is 18.9 Å². The summed E-state index contributed by atoms with van der Waals surface area (Å²) in [6.07, 6.45) is 1.39. The minimum atomic E-state index is -4.37. The largest absolute Gasteiger partial charge is 0.493 e. The normalized spacial score (nSPS) is 19.0. The van der Waals surface area contributed by atoms with E-state index in [0.29, 0.717) is 35.2 Å². The predicted molar refractivity (Wildman–Crippen MR) is 165 cm³/mol. The fraction of sp³-hybridized carbons (Fsp3) is 0.429. The monoisotopic (exact) mass is 611 g/mol. The van der Waals surface area contributed by atoms with E-state index in [9.17, 15) is 18.0 Å². The van der Waals surface area contributed by atoms with Crippen molar-refractivity contribution in [3.8, 4) is 23.0 Å². The van der Waals surface area contributed by atoms with Crippen LogP contribution in [0.3, 0.4) is 0 Å². The van der Waals surface area contributed by atoms with Gasteiger partial charge < -0.3 is 18.9 Å². The number of halogens is 3. The van der Waals surface area contributed by atoms with Gasteiger partial charge in [-0.15, -0.1) is 0 Å². The molecule has 0 saturated heterocycles. The van der Waals surface area contributed by atoms with Crippen molar-refractivity contribution in [3.63, 3.8) is 0 Å². The van der Waals surface area contributed by atoms with Crippen LogP contribution in [0.2, 0.25) is 0 Å². The average Bonchev–Trinajstić information content (AvgIpc) is 3.00. The average molecular weight is 612 g/mol. The lowest BCUT2D eigenvalue weighted by molar-refractivity contribution is -0.145. The molecular formula is C35H40F3NO5. The summed E-state index contributed by atoms with van der Waals surface area (Å²) in [5, 5.41) is 0.808. The van der Waals surface area contributed by atoms with Gasteiger partial charge in [0.05, 0.1) is 19.7 Å². The fourth-order valence-corrected chi connectivity index (χ4v) is 5.60. The maximum atomic E-state index is 12.8. The second kappa shape index (κ2) is 13.7. The van der Waals surface area contributed by atoms with Crippen LogP contribution in [-0.2, 0) is 9.53 Å². The molecule has 0 amide bonds. The van der Waals surface area contributed by atoms with Crippen molar-refractivity contribution < 1.29 is 36.9 Å². The number of pyridine rings is 1. The van der Waals surface area contributed by atoms with Crippen LogP contribution in [0.5, 0.6) is 23.0 Å². The summed E-state index contributed by atoms with van der Waals surface area (Å²) in [5.74, 6) is 3.03. The molecule has 3 aromatic rings. The Hall–Kier alpha value is -4.01. The minimum absolute atomic E-state index is 0.00560. The van der Waals surface area contributed by atoms with Gasteiger partial charge in [-0.1, -0.05) is 32.1 Å². The lowest BCUT2D eigenvalue weighted by Crippen LogP contribution is -2.35. The van der Waals surface area contributed by atoms with Crippen LogP contribution in [0.25, 0.3) is 10.9 Å². The van der Waals surface area contributed by atoms with Gasteiger partial charge >= 0.3 is 12.1 Å². The number of hydrogen-bond donors (Lipinski definition) is 0. The van der Waals surface area contributed by atoms with E-state index < -0.39 is 11.7 Å². The molecule has 1 aliphatic carbocycles. The Kier molecular flexibility index (Phi) is 10.3. The second-order valence-electron chi connectivity index (χ2n) is 11.4. The summed E-state index contributed by atoms with van der Waals surface area (Å²) in [4.78, 5) is 17.0. The first-order chi connectivity index (χ1) is 20.9. The molecule has 0 radical (unpaired) electrons. The topological polar surface area (TPSA) is 66.9 Å². The van der Waals surface area contributed by atoms with E-state index in [1.165, 1.54) is 11.6 Å². The lowest BCUT2D eigenvalue weighted by Gasteiger charge is -2.43. The van der Waals surface area contributed by atoms with Crippen LogP contribution < -0.4 is 14.2 Å². The van der Waals surface area contributed by atoms with Gasteiger partial charge in [0, 0.05) is 29.6 Å². The summed E-state index contributed by atoms with van der Waals surface area (Å²) in [6, 6.07) is 9.61. The predicted octanol–water partition coefficient (Wildman–Crippen LogP) is 9.18. The smallest absolute Gasteiger partial charge is 0.412 e. The summed E-state index contributed by atoms with van der Waals surface area (Å²) >= 11 is 0. The van der Waals surface area contributed by atoms with E-state index in [-0.39, 0.29) is 30.8 Å². The number of carbonyl (C=O) groups excluding carboxylic acids is 1. The van der Waals surface area contributed by atoms with Crippen molar-refractivity contribution in [2.45, 2.75) is 66.0 Å². The van der Waals surface area contributed by atoms with Crippen LogP contribution in [0.15, 0.2) is 59.8 Å². The van der Waals surface area contributed by atoms with Crippen LogP contribution >= 0.6 is 0 Å². The standard InChI is InChI=1S/C35H40F3NO5/c1-8-24(10-9-20(2)35(36,37)38)19-43-34(40)16-25-15-27(23(25)5)26-11-12-30(22(4)21(26)3)44-31-13-14-39-29-18-33(42-7)32(41-6)17-28(29)31/h9-14,17-18,23,25,27H,8,15-16,19H2,1-7H3/b20-9+,24-10+/t23-,25?,27?/m0/s1. The molecule has 1 aromatic heterocycles. The molecule has 1 aliphatic rings. The van der Waals surface area contributed by atoms with Crippen molar-refractivity contribution in [3.05, 3.63) is 76.5 Å². The summed E-state index contributed by atoms with van der Waals surface area (Å²) in [5.41, 5.74) is 4.10. The number of aromatic nitrogens is 1. The maximum Gasteiger partial charge on any atom is 0.412 e. The highest BCUT2D eigenvalue weighted by Crippen LogP contribution is 2.50. The molecule has 1 fully saturated rings. The fourth-order valence-electron chi connectivity index (χ4n) is 5.60. The van der Waals surface area contributed by atoms with Gasteiger partial charge in [0.1, 0.15) is 18.1 Å². The van der Waals surface area contributed by atoms with Gasteiger partial charge in [0.15, 0.2) is 11.5 Å². The molecular weight excluding hydrogens is 571 g/mol. The first-order valence-corrected chi connectivity index (χ1v) is 14.8. The van der Waals surface area contributed by atoms with Gasteiger partial charge in [0.25, 0.3) is 0 Å². The molecule has 4 rings (SSSR count). The third-order valence-electron chi connectivity index (χ3n) is 8.86. The van der Waals surface area contributed by atoms with Crippen molar-refractivity contribution in [2.24, 2.45) is 11.8 Å². The lowest BCUT2D eigenvalue weighted by atomic mass is 9.61. The molecule has 1 heterocycles. The molecule has 3 atom stereocenters. The van der Waals surface area contributed by atoms with E-state index >= 15 is 0 Å². The Morgan fingerprint density at radius 3 is 2.34 bits per heavy atom. The van der Waals surface area contributed by atoms with E-state index in [1.807, 2.05) is 38.1 Å². The summed E-state index contributed by atoms with van der Waals surface area (Å²) < 4.78 is 61.0. The molecule has 2 unspecified atom stereocenters. The number of ether oxygens (including phenoxy) is 4. The van der Waals surface area contributed by atoms with Gasteiger partial charge in [-0.2, -0.15) is 13.2 Å². The van der Waals surface area contributed by atoms with Crippen molar-refractivity contribution in [2.75, 3.05) is 20.8 Å². The highest BCUT2D eigenvalue weighted by Gasteiger charge is 2.40. The zero-order chi connectivity index (χ0) is 32.2. The highest BCUT2D eigenvalue weighted by molar-refractivity contribution is 5.88. The van der Waals surface area contributed by atoms with Crippen molar-refractivity contribution in [1.29, 1.82) is 0 Å². The third kappa shape index (κ3) is 7.20. The molecule has 0 spiro atoms. The molecule has 9 heteroatoms. The van der Waals surface area contributed by atoms with E-state index in [1.54, 1.807) is 20.4 Å². The molecule has 1 saturated carbocycles. The Bertz CT molecular complexity index is 1580. The number of rotatable bonds is 11. The first kappa shape index (κ1) is 32.9. The Labute approximate surface area is 256 Å². The summed E-state index contributed by atoms with van der Waals surface area (Å²) in [6.45, 7) is 9.13. The van der Waals surface area contributed by atoms with Crippen molar-refractivity contribution >= 4 is 16.9 Å². The van der Waals surface area contributed by atoms with Crippen LogP contribution in [0, 0.1) is 25.7 Å². The molecule has 44 heavy (non-hydrogen) atoms. The van der Waals surface area contributed by atoms with Crippen LogP contribution in [0.1, 0.15) is 62.6 Å². The zero-order valence-electron chi connectivity index (χ0n) is 26.3. The second-order valence-corrected chi connectivity index (χ2v) is 11.4. The molecule has 0 N–H and O–H groups in total. The Morgan fingerprint density at radius 1 is 1.00 bits per heavy atom. The molecule has 236 valence electrons. The maximum absolute atomic E-state index is 12.8. The SMILES string of the molecule is CC/C(=C\C=C(/C)C(F)(F)F)COC(=O)CC1CC(c2ccc(Oc3ccnc4cc(OC)c(OC)cc34)c(C)c2C)[C@H]1C. The summed E-state index contributed by atoms with van der Waals surface area (Å²) in [7, 11) is 3.18. The quantitative estimate of drug-likeness (QED) is 0.159. The zero-order valence-corrected chi connectivity index (χ0v) is 26.3. The van der Waals surface area contributed by atoms with Gasteiger partial charge in [-0.25, -0.2) is 0 Å². The highest BCUT2D eigenvalue weighted by atomic mass is 19.4. The Morgan fingerprint density at radius 2 is 1.70 bits per heavy atom. The molecule has 6 nitrogen and oxygen atoms in total. The number of alkyl halides is 3. The number of fused-ring (bicyclic) bond motifs is 1. The van der Waals surface area contributed by atoms with E-state index in [0.717, 1.165) is 47.2 Å². The number of nitrogens with zero attached hydrogens (tertiary/aromatic N) is 1. The Balaban J connectivity index is 1.40. The number of hydrogen-bond acceptors (Lipinski definition) is 6. The van der Waals surface area contributed by atoms with E-state index in [2.05, 4.69) is 24.9 Å². The minimum Gasteiger partial charge on any atom is -0.493 e. The number of allylic oxidation sites excluding steroid dienone is 3. The molecule has 0 bridgehead atoms. The molecule has 2 aromatic carbocycles. The third-order valence-corrected chi connectivity index (χ3v) is 8.86. The van der Waals surface area contributed by atoms with Gasteiger partial charge in [-0.05, 0) is 91.8 Å². The van der Waals surface area contributed by atoms with Crippen molar-refractivity contribution in [1.82, 2.24) is 4.98 Å². The first-order valence-electron chi connectivity index (χ1n) is 14.8. The van der Waals surface area contributed by atoms with Crippen LogP contribution in [-0.4, -0.2) is 38.0 Å². The number of methoxy groups -OCH3 is 2. The van der Waals surface area contributed by atoms with Crippen LogP contribution in [0.4, 0.5) is 13.2 Å². The number of esters is 1. The van der Waals surface area contributed by atoms with Gasteiger partial charge in [0.2, 0.25) is 0 Å². The van der Waals surface area contributed by atoms with Gasteiger partial charge in [-0.3, -0.25) is 9.78 Å². The number of carbonyl (C=O) groups is 1. The molecule has 0 aliphatic heterocycles.